The molecule has 46 heavy (non-hydrogen) atoms. The molecule has 0 saturated carbocycles. The zero-order chi connectivity index (χ0) is 30.2. The molecule has 3 heteroatoms. The van der Waals surface area contributed by atoms with Gasteiger partial charge in [-0.25, -0.2) is 0 Å². The van der Waals surface area contributed by atoms with Gasteiger partial charge in [0.2, 0.25) is 0 Å². The first kappa shape index (κ1) is 25.2. The summed E-state index contributed by atoms with van der Waals surface area (Å²) in [6.07, 6.45) is 3.76. The lowest BCUT2D eigenvalue weighted by Gasteiger charge is -2.14. The van der Waals surface area contributed by atoms with Gasteiger partial charge in [0.05, 0.1) is 11.0 Å². The van der Waals surface area contributed by atoms with Crippen LogP contribution in [0.25, 0.3) is 93.2 Å². The number of hydrogen-bond acceptors (Lipinski definition) is 2. The van der Waals surface area contributed by atoms with E-state index < -0.39 is 0 Å². The Hall–Kier alpha value is -6.19. The van der Waals surface area contributed by atoms with Crippen molar-refractivity contribution in [3.63, 3.8) is 0 Å². The van der Waals surface area contributed by atoms with Crippen LogP contribution in [0.5, 0.6) is 0 Å². The molecule has 0 atom stereocenters. The number of furan rings is 1. The van der Waals surface area contributed by atoms with Gasteiger partial charge in [0.25, 0.3) is 0 Å². The fourth-order valence-electron chi connectivity index (χ4n) is 7.32. The monoisotopic (exact) mass is 586 g/mol. The second-order valence-electron chi connectivity index (χ2n) is 12.0. The predicted molar refractivity (Wildman–Crippen MR) is 192 cm³/mol. The highest BCUT2D eigenvalue weighted by Crippen LogP contribution is 2.42. The highest BCUT2D eigenvalue weighted by atomic mass is 16.3. The van der Waals surface area contributed by atoms with Crippen LogP contribution >= 0.6 is 0 Å². The number of nitrogens with zero attached hydrogens (tertiary/aromatic N) is 2. The molecule has 0 fully saturated rings. The maximum absolute atomic E-state index is 6.34. The van der Waals surface area contributed by atoms with E-state index in [0.717, 1.165) is 44.1 Å². The summed E-state index contributed by atoms with van der Waals surface area (Å²) in [5.74, 6) is 0. The van der Waals surface area contributed by atoms with Crippen LogP contribution in [-0.4, -0.2) is 9.55 Å². The molecule has 0 aliphatic carbocycles. The van der Waals surface area contributed by atoms with E-state index in [0.29, 0.717) is 0 Å². The van der Waals surface area contributed by atoms with Crippen molar-refractivity contribution in [1.82, 2.24) is 9.55 Å². The maximum Gasteiger partial charge on any atom is 0.136 e. The van der Waals surface area contributed by atoms with Gasteiger partial charge in [-0.3, -0.25) is 4.98 Å². The summed E-state index contributed by atoms with van der Waals surface area (Å²) in [6, 6.07) is 52.4. The van der Waals surface area contributed by atoms with Gasteiger partial charge in [0, 0.05) is 45.2 Å². The molecule has 0 N–H and O–H groups in total. The van der Waals surface area contributed by atoms with E-state index in [1.54, 1.807) is 0 Å². The number of rotatable bonds is 3. The molecule has 0 aliphatic rings. The Morgan fingerprint density at radius 3 is 2.11 bits per heavy atom. The molecule has 0 unspecified atom stereocenters. The third-order valence-electron chi connectivity index (χ3n) is 9.44. The van der Waals surface area contributed by atoms with E-state index >= 15 is 0 Å². The summed E-state index contributed by atoms with van der Waals surface area (Å²) < 4.78 is 8.70. The van der Waals surface area contributed by atoms with Crippen LogP contribution in [0.2, 0.25) is 0 Å². The van der Waals surface area contributed by atoms with Crippen LogP contribution in [0, 0.1) is 0 Å². The zero-order valence-electron chi connectivity index (χ0n) is 24.8. The number of benzene rings is 7. The highest BCUT2D eigenvalue weighted by molar-refractivity contribution is 6.20. The van der Waals surface area contributed by atoms with Crippen LogP contribution in [0.4, 0.5) is 0 Å². The van der Waals surface area contributed by atoms with Crippen molar-refractivity contribution < 1.29 is 4.42 Å². The lowest BCUT2D eigenvalue weighted by atomic mass is 9.90. The van der Waals surface area contributed by atoms with Gasteiger partial charge in [0.15, 0.2) is 0 Å². The molecule has 3 nitrogen and oxygen atoms in total. The molecule has 214 valence electrons. The van der Waals surface area contributed by atoms with E-state index in [1.165, 1.54) is 49.1 Å². The number of aromatic nitrogens is 2. The molecule has 0 spiro atoms. The summed E-state index contributed by atoms with van der Waals surface area (Å²) in [5, 5.41) is 9.58. The number of pyridine rings is 1. The fourth-order valence-corrected chi connectivity index (χ4v) is 7.32. The first-order chi connectivity index (χ1) is 22.8. The SMILES string of the molecule is c1ccc(-n2c3ccccc3c3cc(-c4cc5cc6oc7ccccc7c6cc5c5ccc(-c6cccnc6)cc45)ccc32)cc1. The summed E-state index contributed by atoms with van der Waals surface area (Å²) in [6.45, 7) is 0. The minimum atomic E-state index is 0.910. The average molecular weight is 587 g/mol. The van der Waals surface area contributed by atoms with Crippen molar-refractivity contribution in [1.29, 1.82) is 0 Å². The molecular weight excluding hydrogens is 560 g/mol. The molecule has 0 radical (unpaired) electrons. The largest absolute Gasteiger partial charge is 0.456 e. The Bertz CT molecular complexity index is 2790. The zero-order valence-corrected chi connectivity index (χ0v) is 24.8. The molecular formula is C43H26N2O. The van der Waals surface area contributed by atoms with Crippen molar-refractivity contribution in [3.8, 4) is 27.9 Å². The van der Waals surface area contributed by atoms with E-state index in [4.69, 9.17) is 4.42 Å². The smallest absolute Gasteiger partial charge is 0.136 e. The summed E-state index contributed by atoms with van der Waals surface area (Å²) in [7, 11) is 0. The van der Waals surface area contributed by atoms with Gasteiger partial charge in [-0.2, -0.15) is 0 Å². The maximum atomic E-state index is 6.34. The van der Waals surface area contributed by atoms with Crippen LogP contribution in [-0.2, 0) is 0 Å². The first-order valence-electron chi connectivity index (χ1n) is 15.6. The lowest BCUT2D eigenvalue weighted by molar-refractivity contribution is 0.669. The average Bonchev–Trinajstić information content (AvgIpc) is 3.65. The van der Waals surface area contributed by atoms with Gasteiger partial charge in [0.1, 0.15) is 11.2 Å². The predicted octanol–water partition coefficient (Wildman–Crippen LogP) is 11.7. The summed E-state index contributed by atoms with van der Waals surface area (Å²) in [5.41, 5.74) is 10.0. The summed E-state index contributed by atoms with van der Waals surface area (Å²) in [4.78, 5) is 4.41. The van der Waals surface area contributed by atoms with Crippen molar-refractivity contribution in [2.24, 2.45) is 0 Å². The molecule has 3 aromatic heterocycles. The van der Waals surface area contributed by atoms with Gasteiger partial charge >= 0.3 is 0 Å². The molecule has 10 aromatic rings. The van der Waals surface area contributed by atoms with Gasteiger partial charge < -0.3 is 8.98 Å². The summed E-state index contributed by atoms with van der Waals surface area (Å²) >= 11 is 0. The van der Waals surface area contributed by atoms with Gasteiger partial charge in [-0.05, 0) is 105 Å². The van der Waals surface area contributed by atoms with Crippen molar-refractivity contribution in [2.45, 2.75) is 0 Å². The Morgan fingerprint density at radius 2 is 1.22 bits per heavy atom. The highest BCUT2D eigenvalue weighted by Gasteiger charge is 2.17. The fraction of sp³-hybridized carbons (Fsp3) is 0. The van der Waals surface area contributed by atoms with Crippen molar-refractivity contribution >= 4 is 65.3 Å². The third kappa shape index (κ3) is 3.69. The number of para-hydroxylation sites is 3. The van der Waals surface area contributed by atoms with Crippen LogP contribution in [0.3, 0.4) is 0 Å². The second-order valence-corrected chi connectivity index (χ2v) is 12.0. The van der Waals surface area contributed by atoms with Gasteiger partial charge in [-0.1, -0.05) is 78.9 Å². The minimum absolute atomic E-state index is 0.910. The van der Waals surface area contributed by atoms with E-state index in [9.17, 15) is 0 Å². The Balaban J connectivity index is 1.29. The number of fused-ring (bicyclic) bond motifs is 9. The quantitative estimate of drug-likeness (QED) is 0.193. The Labute approximate surface area is 264 Å². The van der Waals surface area contributed by atoms with Gasteiger partial charge in [-0.15, -0.1) is 0 Å². The normalized spacial score (nSPS) is 11.9. The Kier molecular flexibility index (Phi) is 5.28. The van der Waals surface area contributed by atoms with Crippen LogP contribution < -0.4 is 0 Å². The van der Waals surface area contributed by atoms with E-state index in [-0.39, 0.29) is 0 Å². The second kappa shape index (κ2) is 9.65. The molecule has 3 heterocycles. The minimum Gasteiger partial charge on any atom is -0.456 e. The van der Waals surface area contributed by atoms with Crippen molar-refractivity contribution in [3.05, 3.63) is 158 Å². The standard InChI is InChI=1S/C43H26N2O/c1-2-10-31(11-3-1)45-40-14-6-4-12-33(40)38-22-28(17-19-41(38)45)35-23-30-24-43-39(34-13-5-7-15-42(34)46-43)25-36(30)32-18-16-27(21-37(32)35)29-9-8-20-44-26-29/h1-26H. The van der Waals surface area contributed by atoms with Crippen LogP contribution in [0.1, 0.15) is 0 Å². The van der Waals surface area contributed by atoms with E-state index in [1.807, 2.05) is 30.6 Å². The lowest BCUT2D eigenvalue weighted by Crippen LogP contribution is -1.93. The van der Waals surface area contributed by atoms with Crippen molar-refractivity contribution in [2.75, 3.05) is 0 Å². The number of hydrogen-bond donors (Lipinski definition) is 0. The topological polar surface area (TPSA) is 31.0 Å². The molecule has 10 rings (SSSR count). The molecule has 0 bridgehead atoms. The van der Waals surface area contributed by atoms with E-state index in [2.05, 4.69) is 137 Å². The molecule has 7 aromatic carbocycles. The molecule has 0 aliphatic heterocycles. The first-order valence-corrected chi connectivity index (χ1v) is 15.6. The third-order valence-corrected chi connectivity index (χ3v) is 9.44. The molecule has 0 amide bonds. The Morgan fingerprint density at radius 1 is 0.435 bits per heavy atom. The molecule has 0 saturated heterocycles. The van der Waals surface area contributed by atoms with Crippen LogP contribution in [0.15, 0.2) is 162 Å².